The van der Waals surface area contributed by atoms with Gasteiger partial charge in [-0.1, -0.05) is 24.3 Å². The van der Waals surface area contributed by atoms with Crippen LogP contribution >= 0.6 is 0 Å². The first-order valence-electron chi connectivity index (χ1n) is 7.79. The summed E-state index contributed by atoms with van der Waals surface area (Å²) in [5.74, 6) is 0.177. The van der Waals surface area contributed by atoms with Crippen molar-refractivity contribution in [2.24, 2.45) is 5.10 Å². The largest absolute Gasteiger partial charge is 0.573 e. The molecule has 2 heterocycles. The summed E-state index contributed by atoms with van der Waals surface area (Å²) in [7, 11) is 1.58. The Morgan fingerprint density at radius 3 is 2.69 bits per heavy atom. The van der Waals surface area contributed by atoms with E-state index in [2.05, 4.69) is 14.8 Å². The number of benzene rings is 1. The molecule has 0 fully saturated rings. The van der Waals surface area contributed by atoms with E-state index in [0.717, 1.165) is 5.71 Å². The van der Waals surface area contributed by atoms with Gasteiger partial charge in [-0.05, 0) is 24.3 Å². The fraction of sp³-hybridized carbons (Fsp3) is 0.222. The minimum Gasteiger partial charge on any atom is -0.405 e. The van der Waals surface area contributed by atoms with E-state index in [-0.39, 0.29) is 11.3 Å². The van der Waals surface area contributed by atoms with Gasteiger partial charge in [0.05, 0.1) is 18.0 Å². The number of hydrogen-bond acceptors (Lipinski definition) is 5. The van der Waals surface area contributed by atoms with Crippen molar-refractivity contribution in [2.75, 3.05) is 18.7 Å². The Bertz CT molecular complexity index is 834. The van der Waals surface area contributed by atoms with E-state index >= 15 is 0 Å². The molecule has 2 aromatic rings. The van der Waals surface area contributed by atoms with Crippen molar-refractivity contribution in [1.82, 2.24) is 4.98 Å². The Labute approximate surface area is 148 Å². The number of hydrogen-bond donors (Lipinski definition) is 0. The van der Waals surface area contributed by atoms with Gasteiger partial charge in [0.1, 0.15) is 5.75 Å². The molecular weight excluding hydrogens is 347 g/mol. The Kier molecular flexibility index (Phi) is 5.22. The Morgan fingerprint density at radius 1 is 1.12 bits per heavy atom. The third-order valence-electron chi connectivity index (χ3n) is 3.52. The van der Waals surface area contributed by atoms with Crippen molar-refractivity contribution in [3.8, 4) is 17.0 Å². The molecule has 0 saturated heterocycles. The van der Waals surface area contributed by atoms with Gasteiger partial charge >= 0.3 is 6.36 Å². The van der Waals surface area contributed by atoms with Crippen LogP contribution in [0.3, 0.4) is 0 Å². The van der Waals surface area contributed by atoms with Crippen molar-refractivity contribution < 1.29 is 22.6 Å². The normalized spacial score (nSPS) is 14.3. The number of pyridine rings is 1. The smallest absolute Gasteiger partial charge is 0.405 e. The molecule has 0 aliphatic carbocycles. The average molecular weight is 363 g/mol. The molecule has 5 nitrogen and oxygen atoms in total. The maximum Gasteiger partial charge on any atom is 0.573 e. The van der Waals surface area contributed by atoms with Gasteiger partial charge in [0.25, 0.3) is 0 Å². The molecule has 1 aliphatic rings. The summed E-state index contributed by atoms with van der Waals surface area (Å²) >= 11 is 0. The lowest BCUT2D eigenvalue weighted by molar-refractivity contribution is -0.274. The summed E-state index contributed by atoms with van der Waals surface area (Å²) < 4.78 is 47.1. The van der Waals surface area contributed by atoms with E-state index in [1.54, 1.807) is 42.6 Å². The number of anilines is 1. The van der Waals surface area contributed by atoms with E-state index in [1.807, 2.05) is 6.08 Å². The number of halogens is 3. The molecule has 8 heteroatoms. The van der Waals surface area contributed by atoms with E-state index < -0.39 is 6.36 Å². The Morgan fingerprint density at radius 2 is 1.92 bits per heavy atom. The zero-order chi connectivity index (χ0) is 18.6. The molecule has 0 spiro atoms. The lowest BCUT2D eigenvalue weighted by Gasteiger charge is -2.20. The van der Waals surface area contributed by atoms with Gasteiger partial charge in [0.2, 0.25) is 0 Å². The van der Waals surface area contributed by atoms with Crippen LogP contribution < -0.4 is 9.75 Å². The molecule has 0 bridgehead atoms. The predicted octanol–water partition coefficient (Wildman–Crippen LogP) is 4.37. The predicted molar refractivity (Wildman–Crippen MR) is 91.9 cm³/mol. The number of aromatic nitrogens is 1. The Hall–Kier alpha value is -2.87. The molecule has 1 aromatic carbocycles. The molecule has 0 saturated carbocycles. The molecule has 0 radical (unpaired) electrons. The highest BCUT2D eigenvalue weighted by atomic mass is 19.4. The number of para-hydroxylation sites is 1. The van der Waals surface area contributed by atoms with Crippen molar-refractivity contribution >= 4 is 11.5 Å². The fourth-order valence-corrected chi connectivity index (χ4v) is 2.49. The lowest BCUT2D eigenvalue weighted by Crippen LogP contribution is -2.20. The van der Waals surface area contributed by atoms with Crippen LogP contribution in [0.2, 0.25) is 0 Å². The van der Waals surface area contributed by atoms with Gasteiger partial charge in [-0.3, -0.25) is 0 Å². The number of rotatable bonds is 5. The fourth-order valence-electron chi connectivity index (χ4n) is 2.49. The van der Waals surface area contributed by atoms with Crippen LogP contribution in [-0.2, 0) is 4.74 Å². The zero-order valence-electron chi connectivity index (χ0n) is 13.9. The highest BCUT2D eigenvalue weighted by Crippen LogP contribution is 2.33. The minimum absolute atomic E-state index is 0.244. The zero-order valence-corrected chi connectivity index (χ0v) is 13.9. The summed E-state index contributed by atoms with van der Waals surface area (Å²) in [6.45, 7) is 0.392. The number of alkyl halides is 3. The highest BCUT2D eigenvalue weighted by Gasteiger charge is 2.32. The Balaban J connectivity index is 1.94. The summed E-state index contributed by atoms with van der Waals surface area (Å²) in [6.07, 6.45) is -0.436. The topological polar surface area (TPSA) is 47.0 Å². The van der Waals surface area contributed by atoms with Crippen LogP contribution in [0.1, 0.15) is 6.42 Å². The van der Waals surface area contributed by atoms with Crippen LogP contribution in [0.4, 0.5) is 19.0 Å². The minimum atomic E-state index is -4.78. The third kappa shape index (κ3) is 4.40. The molecule has 0 unspecified atom stereocenters. The first-order valence-corrected chi connectivity index (χ1v) is 7.79. The average Bonchev–Trinajstić information content (AvgIpc) is 2.61. The SMILES string of the molecule is COCC1=NN(c2cccc(-c3ccccc3OC(F)(F)F)n2)C=CC1. The standard InChI is InChI=1S/C18H16F3N3O2/c1-25-12-13-6-5-11-24(23-13)17-10-4-8-15(22-17)14-7-2-3-9-16(14)26-18(19,20)21/h2-5,7-11H,6,12H2,1H3. The quantitative estimate of drug-likeness (QED) is 0.791. The van der Waals surface area contributed by atoms with Crippen LogP contribution in [0.25, 0.3) is 11.3 Å². The first-order chi connectivity index (χ1) is 12.5. The summed E-state index contributed by atoms with van der Waals surface area (Å²) in [4.78, 5) is 4.43. The molecular formula is C18H16F3N3O2. The number of ether oxygens (including phenoxy) is 2. The molecule has 0 amide bonds. The molecule has 1 aliphatic heterocycles. The molecule has 26 heavy (non-hydrogen) atoms. The monoisotopic (exact) mass is 363 g/mol. The number of allylic oxidation sites excluding steroid dienone is 1. The van der Waals surface area contributed by atoms with Gasteiger partial charge in [-0.25, -0.2) is 9.99 Å². The first kappa shape index (κ1) is 17.9. The summed E-state index contributed by atoms with van der Waals surface area (Å²) in [5, 5.41) is 5.99. The maximum atomic E-state index is 12.6. The molecule has 136 valence electrons. The van der Waals surface area contributed by atoms with Crippen LogP contribution in [0.5, 0.6) is 5.75 Å². The second kappa shape index (κ2) is 7.57. The van der Waals surface area contributed by atoms with E-state index in [9.17, 15) is 13.2 Å². The van der Waals surface area contributed by atoms with Gasteiger partial charge in [0, 0.05) is 25.3 Å². The maximum absolute atomic E-state index is 12.6. The van der Waals surface area contributed by atoms with E-state index in [4.69, 9.17) is 4.74 Å². The molecule has 1 aromatic heterocycles. The van der Waals surface area contributed by atoms with Gasteiger partial charge in [0.15, 0.2) is 5.82 Å². The van der Waals surface area contributed by atoms with Gasteiger partial charge in [-0.15, -0.1) is 13.2 Å². The van der Waals surface area contributed by atoms with Gasteiger partial charge in [-0.2, -0.15) is 5.10 Å². The highest BCUT2D eigenvalue weighted by molar-refractivity contribution is 5.88. The van der Waals surface area contributed by atoms with E-state index in [0.29, 0.717) is 24.5 Å². The van der Waals surface area contributed by atoms with Gasteiger partial charge < -0.3 is 9.47 Å². The van der Waals surface area contributed by atoms with Crippen LogP contribution in [0, 0.1) is 0 Å². The number of methoxy groups -OCH3 is 1. The summed E-state index contributed by atoms with van der Waals surface area (Å²) in [6, 6.07) is 10.9. The third-order valence-corrected chi connectivity index (χ3v) is 3.52. The number of nitrogens with zero attached hydrogens (tertiary/aromatic N) is 3. The van der Waals surface area contributed by atoms with Crippen molar-refractivity contribution in [3.05, 3.63) is 54.7 Å². The van der Waals surface area contributed by atoms with Crippen molar-refractivity contribution in [3.63, 3.8) is 0 Å². The van der Waals surface area contributed by atoms with Crippen LogP contribution in [0.15, 0.2) is 59.8 Å². The number of hydrazone groups is 1. The van der Waals surface area contributed by atoms with Crippen molar-refractivity contribution in [2.45, 2.75) is 12.8 Å². The second-order valence-electron chi connectivity index (χ2n) is 5.46. The molecule has 3 rings (SSSR count). The second-order valence-corrected chi connectivity index (χ2v) is 5.46. The van der Waals surface area contributed by atoms with Crippen molar-refractivity contribution in [1.29, 1.82) is 0 Å². The molecule has 0 atom stereocenters. The van der Waals surface area contributed by atoms with Crippen LogP contribution in [-0.4, -0.2) is 30.8 Å². The lowest BCUT2D eigenvalue weighted by atomic mass is 10.1. The molecule has 0 N–H and O–H groups in total. The summed E-state index contributed by atoms with van der Waals surface area (Å²) in [5.41, 5.74) is 1.42. The van der Waals surface area contributed by atoms with E-state index in [1.165, 1.54) is 18.2 Å².